The molecule has 19 heavy (non-hydrogen) atoms. The number of piperidine rings is 1. The Labute approximate surface area is 122 Å². The number of nitrogens with one attached hydrogen (secondary N) is 2. The molecule has 2 amide bonds. The lowest BCUT2D eigenvalue weighted by atomic mass is 10.1. The molecule has 1 aliphatic heterocycles. The second-order valence-electron chi connectivity index (χ2n) is 4.43. The van der Waals surface area contributed by atoms with Gasteiger partial charge >= 0.3 is 0 Å². The van der Waals surface area contributed by atoms with Gasteiger partial charge < -0.3 is 9.55 Å². The van der Waals surface area contributed by atoms with E-state index in [9.17, 15) is 9.59 Å². The number of benzene rings is 1. The van der Waals surface area contributed by atoms with Crippen molar-refractivity contribution in [3.8, 4) is 0 Å². The van der Waals surface area contributed by atoms with E-state index >= 15 is 0 Å². The number of imide groups is 1. The molecule has 0 saturated carbocycles. The number of hydrogen-bond donors (Lipinski definition) is 2. The minimum absolute atomic E-state index is 0.227. The highest BCUT2D eigenvalue weighted by atomic mass is 79.9. The lowest BCUT2D eigenvalue weighted by Gasteiger charge is -2.22. The molecule has 1 unspecified atom stereocenters. The summed E-state index contributed by atoms with van der Waals surface area (Å²) >= 11 is 8.68. The molecule has 2 N–H and O–H groups in total. The first-order valence-corrected chi connectivity index (χ1v) is 7.00. The van der Waals surface area contributed by atoms with Gasteiger partial charge in [-0.05, 0) is 36.8 Å². The summed E-state index contributed by atoms with van der Waals surface area (Å²) in [6.45, 7) is 0. The lowest BCUT2D eigenvalue weighted by Crippen LogP contribution is -2.41. The molecule has 2 heterocycles. The van der Waals surface area contributed by atoms with E-state index in [1.54, 1.807) is 4.57 Å². The van der Waals surface area contributed by atoms with Crippen molar-refractivity contribution in [2.24, 2.45) is 0 Å². The van der Waals surface area contributed by atoms with E-state index < -0.39 is 6.04 Å². The highest BCUT2D eigenvalue weighted by Gasteiger charge is 2.29. The molecule has 98 valence electrons. The topological polar surface area (TPSA) is 66.9 Å². The Balaban J connectivity index is 2.15. The normalized spacial score (nSPS) is 19.7. The molecule has 0 radical (unpaired) electrons. The number of aromatic amines is 1. The van der Waals surface area contributed by atoms with Gasteiger partial charge in [-0.3, -0.25) is 14.9 Å². The van der Waals surface area contributed by atoms with Crippen molar-refractivity contribution in [3.63, 3.8) is 0 Å². The summed E-state index contributed by atoms with van der Waals surface area (Å²) in [5, 5.41) is 2.35. The molecular formula is C12H10BrN3O2S. The molecule has 2 aromatic rings. The van der Waals surface area contributed by atoms with Crippen LogP contribution in [0.25, 0.3) is 11.0 Å². The Bertz CT molecular complexity index is 749. The molecule has 1 fully saturated rings. The first kappa shape index (κ1) is 12.6. The first-order chi connectivity index (χ1) is 9.06. The summed E-state index contributed by atoms with van der Waals surface area (Å²) in [5.41, 5.74) is 1.73. The quantitative estimate of drug-likeness (QED) is 0.619. The Morgan fingerprint density at radius 3 is 2.89 bits per heavy atom. The molecule has 0 spiro atoms. The minimum Gasteiger partial charge on any atom is -0.331 e. The monoisotopic (exact) mass is 339 g/mol. The van der Waals surface area contributed by atoms with Crippen LogP contribution in [0.5, 0.6) is 0 Å². The predicted molar refractivity (Wildman–Crippen MR) is 76.2 cm³/mol. The summed E-state index contributed by atoms with van der Waals surface area (Å²) in [5.74, 6) is -0.522. The average Bonchev–Trinajstić information content (AvgIpc) is 2.65. The van der Waals surface area contributed by atoms with Crippen LogP contribution < -0.4 is 5.32 Å². The van der Waals surface area contributed by atoms with Crippen LogP contribution in [-0.4, -0.2) is 21.4 Å². The van der Waals surface area contributed by atoms with E-state index in [0.717, 1.165) is 15.5 Å². The van der Waals surface area contributed by atoms with Gasteiger partial charge in [0.05, 0.1) is 11.0 Å². The van der Waals surface area contributed by atoms with Crippen molar-refractivity contribution in [1.29, 1.82) is 0 Å². The fraction of sp³-hybridized carbons (Fsp3) is 0.250. The van der Waals surface area contributed by atoms with Crippen molar-refractivity contribution in [1.82, 2.24) is 14.9 Å². The Hall–Kier alpha value is -1.47. The van der Waals surface area contributed by atoms with Crippen LogP contribution in [0.2, 0.25) is 0 Å². The van der Waals surface area contributed by atoms with Crippen molar-refractivity contribution in [2.45, 2.75) is 18.9 Å². The number of fused-ring (bicyclic) bond motifs is 1. The third kappa shape index (κ3) is 2.12. The van der Waals surface area contributed by atoms with Gasteiger partial charge in [-0.25, -0.2) is 0 Å². The zero-order valence-corrected chi connectivity index (χ0v) is 12.2. The summed E-state index contributed by atoms with van der Waals surface area (Å²) in [6, 6.07) is 5.27. The molecule has 7 heteroatoms. The van der Waals surface area contributed by atoms with Crippen LogP contribution in [-0.2, 0) is 9.59 Å². The van der Waals surface area contributed by atoms with Gasteiger partial charge in [-0.15, -0.1) is 0 Å². The molecule has 1 saturated heterocycles. The van der Waals surface area contributed by atoms with Gasteiger partial charge in [-0.1, -0.05) is 15.9 Å². The highest BCUT2D eigenvalue weighted by Crippen LogP contribution is 2.26. The van der Waals surface area contributed by atoms with E-state index in [0.29, 0.717) is 17.6 Å². The SMILES string of the molecule is O=C1CCC(n2c(=S)[nH]c3cc(Br)ccc32)C(=O)N1. The molecule has 5 nitrogen and oxygen atoms in total. The van der Waals surface area contributed by atoms with Gasteiger partial charge in [0.2, 0.25) is 11.8 Å². The van der Waals surface area contributed by atoms with Gasteiger partial charge in [0.1, 0.15) is 6.04 Å². The maximum absolute atomic E-state index is 11.9. The van der Waals surface area contributed by atoms with Gasteiger partial charge in [0, 0.05) is 10.9 Å². The van der Waals surface area contributed by atoms with Crippen LogP contribution in [0.1, 0.15) is 18.9 Å². The second-order valence-corrected chi connectivity index (χ2v) is 5.73. The van der Waals surface area contributed by atoms with Gasteiger partial charge in [0.15, 0.2) is 4.77 Å². The zero-order chi connectivity index (χ0) is 13.6. The number of H-pyrrole nitrogens is 1. The van der Waals surface area contributed by atoms with E-state index in [1.807, 2.05) is 18.2 Å². The first-order valence-electron chi connectivity index (χ1n) is 5.80. The van der Waals surface area contributed by atoms with E-state index in [1.165, 1.54) is 0 Å². The standard InChI is InChI=1S/C12H10BrN3O2S/c13-6-1-2-8-7(5-6)14-12(19)16(8)9-3-4-10(17)15-11(9)18/h1-2,5,9H,3-4H2,(H,14,19)(H,15,17,18). The van der Waals surface area contributed by atoms with Crippen LogP contribution in [0.4, 0.5) is 0 Å². The summed E-state index contributed by atoms with van der Waals surface area (Å²) in [4.78, 5) is 26.2. The maximum Gasteiger partial charge on any atom is 0.249 e. The number of nitrogens with zero attached hydrogens (tertiary/aromatic N) is 1. The molecule has 0 bridgehead atoms. The van der Waals surface area contributed by atoms with Gasteiger partial charge in [0.25, 0.3) is 0 Å². The fourth-order valence-corrected chi connectivity index (χ4v) is 3.04. The molecule has 1 aromatic carbocycles. The van der Waals surface area contributed by atoms with Crippen molar-refractivity contribution < 1.29 is 9.59 Å². The number of carbonyl (C=O) groups is 2. The molecular weight excluding hydrogens is 330 g/mol. The molecule has 1 aliphatic rings. The number of halogens is 1. The number of imidazole rings is 1. The number of hydrogen-bond acceptors (Lipinski definition) is 3. The molecule has 3 rings (SSSR count). The zero-order valence-electron chi connectivity index (χ0n) is 9.77. The third-order valence-corrected chi connectivity index (χ3v) is 3.99. The van der Waals surface area contributed by atoms with E-state index in [2.05, 4.69) is 26.2 Å². The third-order valence-electron chi connectivity index (χ3n) is 3.20. The lowest BCUT2D eigenvalue weighted by molar-refractivity contribution is -0.135. The van der Waals surface area contributed by atoms with E-state index in [4.69, 9.17) is 12.2 Å². The Morgan fingerprint density at radius 1 is 1.37 bits per heavy atom. The molecule has 1 atom stereocenters. The van der Waals surface area contributed by atoms with E-state index in [-0.39, 0.29) is 11.8 Å². The summed E-state index contributed by atoms with van der Waals surface area (Å²) in [6.07, 6.45) is 0.809. The van der Waals surface area contributed by atoms with Crippen LogP contribution in [0.3, 0.4) is 0 Å². The fourth-order valence-electron chi connectivity index (χ4n) is 2.34. The van der Waals surface area contributed by atoms with Crippen molar-refractivity contribution in [2.75, 3.05) is 0 Å². The van der Waals surface area contributed by atoms with Crippen LogP contribution in [0.15, 0.2) is 22.7 Å². The smallest absolute Gasteiger partial charge is 0.249 e. The van der Waals surface area contributed by atoms with Crippen LogP contribution in [0, 0.1) is 4.77 Å². The second kappa shape index (κ2) is 4.57. The largest absolute Gasteiger partial charge is 0.331 e. The summed E-state index contributed by atoms with van der Waals surface area (Å²) < 4.78 is 3.20. The summed E-state index contributed by atoms with van der Waals surface area (Å²) in [7, 11) is 0. The average molecular weight is 340 g/mol. The molecule has 0 aliphatic carbocycles. The molecule has 1 aromatic heterocycles. The van der Waals surface area contributed by atoms with Gasteiger partial charge in [-0.2, -0.15) is 0 Å². The Morgan fingerprint density at radius 2 is 2.16 bits per heavy atom. The number of carbonyl (C=O) groups excluding carboxylic acids is 2. The maximum atomic E-state index is 11.9. The van der Waals surface area contributed by atoms with Crippen LogP contribution >= 0.6 is 28.1 Å². The predicted octanol–water partition coefficient (Wildman–Crippen LogP) is 2.44. The number of aromatic nitrogens is 2. The Kier molecular flexibility index (Phi) is 3.02. The van der Waals surface area contributed by atoms with Crippen molar-refractivity contribution in [3.05, 3.63) is 27.4 Å². The number of rotatable bonds is 1. The highest BCUT2D eigenvalue weighted by molar-refractivity contribution is 9.10. The van der Waals surface area contributed by atoms with Crippen molar-refractivity contribution >= 4 is 51.0 Å². The number of amides is 2. The minimum atomic E-state index is -0.430.